The van der Waals surface area contributed by atoms with Crippen molar-refractivity contribution in [1.82, 2.24) is 25.5 Å². The number of carbonyl (C=O) groups excluding carboxylic acids is 1. The molecule has 1 atom stereocenters. The number of H-pyrrole nitrogens is 1. The van der Waals surface area contributed by atoms with E-state index in [2.05, 4.69) is 30.7 Å². The van der Waals surface area contributed by atoms with Crippen LogP contribution in [-0.2, 0) is 4.74 Å². The van der Waals surface area contributed by atoms with Gasteiger partial charge in [-0.2, -0.15) is 10.1 Å². The maximum atomic E-state index is 12.8. The summed E-state index contributed by atoms with van der Waals surface area (Å²) in [6.45, 7) is 4.58. The zero-order valence-corrected chi connectivity index (χ0v) is 20.7. The minimum absolute atomic E-state index is 0. The van der Waals surface area contributed by atoms with Gasteiger partial charge >= 0.3 is 0 Å². The van der Waals surface area contributed by atoms with E-state index >= 15 is 0 Å². The Balaban J connectivity index is 0.00000267. The summed E-state index contributed by atoms with van der Waals surface area (Å²) in [5.74, 6) is 2.16. The number of fused-ring (bicyclic) bond motifs is 1. The van der Waals surface area contributed by atoms with Gasteiger partial charge in [-0.05, 0) is 31.2 Å². The van der Waals surface area contributed by atoms with Gasteiger partial charge in [0.25, 0.3) is 5.91 Å². The molecular formula is C25H28ClN7O3. The molecule has 1 aromatic carbocycles. The molecule has 0 spiro atoms. The zero-order valence-electron chi connectivity index (χ0n) is 19.9. The predicted molar refractivity (Wildman–Crippen MR) is 139 cm³/mol. The number of rotatable bonds is 7. The van der Waals surface area contributed by atoms with Crippen LogP contribution in [0.1, 0.15) is 30.3 Å². The lowest BCUT2D eigenvalue weighted by Gasteiger charge is -2.27. The maximum absolute atomic E-state index is 12.8. The molecule has 1 saturated heterocycles. The minimum atomic E-state index is -0.232. The number of amides is 1. The smallest absolute Gasteiger partial charge is 0.287 e. The molecule has 11 heteroatoms. The van der Waals surface area contributed by atoms with E-state index < -0.39 is 0 Å². The Hall–Kier alpha value is -3.63. The van der Waals surface area contributed by atoms with Crippen LogP contribution in [0, 0.1) is 5.92 Å². The van der Waals surface area contributed by atoms with E-state index in [1.807, 2.05) is 43.3 Å². The molecule has 1 aliphatic carbocycles. The molecule has 1 saturated carbocycles. The first-order chi connectivity index (χ1) is 17.1. The van der Waals surface area contributed by atoms with E-state index in [4.69, 9.17) is 14.1 Å². The number of benzene rings is 1. The molecule has 1 amide bonds. The van der Waals surface area contributed by atoms with Crippen LogP contribution in [0.5, 0.6) is 0 Å². The lowest BCUT2D eigenvalue weighted by Crippen LogP contribution is -2.37. The molecule has 0 radical (unpaired) electrons. The van der Waals surface area contributed by atoms with Gasteiger partial charge in [-0.3, -0.25) is 9.89 Å². The van der Waals surface area contributed by atoms with Crippen molar-refractivity contribution < 1.29 is 13.9 Å². The van der Waals surface area contributed by atoms with E-state index in [1.54, 1.807) is 6.07 Å². The standard InChI is InChI=1S/C25H27N7O3.ClH/c1-15(16-7-8-16)26-24(33)20-13-19-22(35-20)23(32-9-11-34-12-10-32)29-25(27-19)28-21-14-18(30-31-21)17-5-3-2-4-6-17;/h2-6,13-16H,7-12H2,1H3,(H,26,33)(H2,27,28,29,30,31);1H/t15-;/m1./s1. The van der Waals surface area contributed by atoms with E-state index in [0.29, 0.717) is 60.9 Å². The van der Waals surface area contributed by atoms with Gasteiger partial charge in [0.05, 0.1) is 18.9 Å². The molecule has 2 fully saturated rings. The third-order valence-electron chi connectivity index (χ3n) is 6.48. The molecule has 6 rings (SSSR count). The second kappa shape index (κ2) is 10.2. The molecule has 36 heavy (non-hydrogen) atoms. The summed E-state index contributed by atoms with van der Waals surface area (Å²) >= 11 is 0. The molecule has 4 aromatic rings. The summed E-state index contributed by atoms with van der Waals surface area (Å²) in [6.07, 6.45) is 2.31. The van der Waals surface area contributed by atoms with Gasteiger partial charge < -0.3 is 24.7 Å². The summed E-state index contributed by atoms with van der Waals surface area (Å²) in [5.41, 5.74) is 2.97. The number of ether oxygens (including phenoxy) is 1. The number of hydrogen-bond acceptors (Lipinski definition) is 8. The summed E-state index contributed by atoms with van der Waals surface area (Å²) in [6, 6.07) is 13.7. The highest BCUT2D eigenvalue weighted by Crippen LogP contribution is 2.33. The second-order valence-corrected chi connectivity index (χ2v) is 9.05. The summed E-state index contributed by atoms with van der Waals surface area (Å²) in [4.78, 5) is 24.3. The molecule has 3 N–H and O–H groups in total. The first-order valence-corrected chi connectivity index (χ1v) is 12.0. The maximum Gasteiger partial charge on any atom is 0.287 e. The summed E-state index contributed by atoms with van der Waals surface area (Å²) < 4.78 is 11.5. The van der Waals surface area contributed by atoms with Crippen LogP contribution < -0.4 is 15.5 Å². The zero-order chi connectivity index (χ0) is 23.8. The second-order valence-electron chi connectivity index (χ2n) is 9.05. The summed E-state index contributed by atoms with van der Waals surface area (Å²) in [5, 5.41) is 13.6. The number of morpholine rings is 1. The summed E-state index contributed by atoms with van der Waals surface area (Å²) in [7, 11) is 0. The van der Waals surface area contributed by atoms with Gasteiger partial charge in [-0.15, -0.1) is 12.4 Å². The molecule has 10 nitrogen and oxygen atoms in total. The monoisotopic (exact) mass is 509 g/mol. The minimum Gasteiger partial charge on any atom is -0.445 e. The van der Waals surface area contributed by atoms with Crippen LogP contribution in [0.4, 0.5) is 17.6 Å². The first-order valence-electron chi connectivity index (χ1n) is 12.0. The number of anilines is 3. The molecule has 4 heterocycles. The Morgan fingerprint density at radius 3 is 2.67 bits per heavy atom. The lowest BCUT2D eigenvalue weighted by molar-refractivity contribution is 0.0910. The Kier molecular flexibility index (Phi) is 6.80. The number of nitrogens with one attached hydrogen (secondary N) is 3. The van der Waals surface area contributed by atoms with E-state index in [0.717, 1.165) is 24.1 Å². The molecule has 188 valence electrons. The Bertz CT molecular complexity index is 1350. The van der Waals surface area contributed by atoms with Crippen molar-refractivity contribution >= 4 is 47.0 Å². The molecule has 1 aliphatic heterocycles. The first kappa shape index (κ1) is 24.1. The Morgan fingerprint density at radius 1 is 1.14 bits per heavy atom. The van der Waals surface area contributed by atoms with Crippen LogP contribution in [0.25, 0.3) is 22.4 Å². The van der Waals surface area contributed by atoms with Crippen molar-refractivity contribution in [3.05, 3.63) is 48.2 Å². The predicted octanol–water partition coefficient (Wildman–Crippen LogP) is 4.14. The van der Waals surface area contributed by atoms with Gasteiger partial charge in [-0.1, -0.05) is 30.3 Å². The third-order valence-corrected chi connectivity index (χ3v) is 6.48. The van der Waals surface area contributed by atoms with E-state index in [1.165, 1.54) is 0 Å². The molecule has 0 unspecified atom stereocenters. The largest absolute Gasteiger partial charge is 0.445 e. The number of carbonyl (C=O) groups is 1. The average molecular weight is 510 g/mol. The van der Waals surface area contributed by atoms with Crippen LogP contribution in [-0.4, -0.2) is 58.4 Å². The van der Waals surface area contributed by atoms with Crippen molar-refractivity contribution in [3.63, 3.8) is 0 Å². The number of aromatic amines is 1. The number of furan rings is 1. The molecular weight excluding hydrogens is 482 g/mol. The number of hydrogen-bond donors (Lipinski definition) is 3. The highest BCUT2D eigenvalue weighted by Gasteiger charge is 2.30. The van der Waals surface area contributed by atoms with Crippen molar-refractivity contribution in [2.75, 3.05) is 36.5 Å². The number of nitrogens with zero attached hydrogens (tertiary/aromatic N) is 4. The Labute approximate surface area is 214 Å². The molecule has 3 aromatic heterocycles. The fourth-order valence-corrected chi connectivity index (χ4v) is 4.33. The highest BCUT2D eigenvalue weighted by molar-refractivity contribution is 5.97. The normalized spacial score (nSPS) is 16.4. The fourth-order valence-electron chi connectivity index (χ4n) is 4.33. The number of halogens is 1. The number of aromatic nitrogens is 4. The van der Waals surface area contributed by atoms with Gasteiger partial charge in [0, 0.05) is 31.3 Å². The SMILES string of the molecule is C[C@@H](NC(=O)c1cc2nc(Nc3cc(-c4ccccc4)[nH]n3)nc(N3CCOCC3)c2o1)C1CC1.Cl. The van der Waals surface area contributed by atoms with Gasteiger partial charge in [-0.25, -0.2) is 4.98 Å². The molecule has 2 aliphatic rings. The third kappa shape index (κ3) is 5.00. The highest BCUT2D eigenvalue weighted by atomic mass is 35.5. The van der Waals surface area contributed by atoms with E-state index in [-0.39, 0.29) is 30.1 Å². The van der Waals surface area contributed by atoms with Crippen LogP contribution in [0.3, 0.4) is 0 Å². The van der Waals surface area contributed by atoms with Gasteiger partial charge in [0.2, 0.25) is 5.95 Å². The van der Waals surface area contributed by atoms with Crippen molar-refractivity contribution in [2.24, 2.45) is 5.92 Å². The lowest BCUT2D eigenvalue weighted by atomic mass is 10.2. The van der Waals surface area contributed by atoms with Crippen LogP contribution >= 0.6 is 12.4 Å². The van der Waals surface area contributed by atoms with Gasteiger partial charge in [0.15, 0.2) is 23.0 Å². The van der Waals surface area contributed by atoms with Crippen molar-refractivity contribution in [1.29, 1.82) is 0 Å². The van der Waals surface area contributed by atoms with Gasteiger partial charge in [0.1, 0.15) is 5.52 Å². The average Bonchev–Trinajstić information content (AvgIpc) is 3.49. The van der Waals surface area contributed by atoms with E-state index in [9.17, 15) is 4.79 Å². The van der Waals surface area contributed by atoms with Crippen LogP contribution in [0.2, 0.25) is 0 Å². The quantitative estimate of drug-likeness (QED) is 0.340. The van der Waals surface area contributed by atoms with Crippen molar-refractivity contribution in [2.45, 2.75) is 25.8 Å². The molecule has 0 bridgehead atoms. The Morgan fingerprint density at radius 2 is 1.92 bits per heavy atom. The topological polar surface area (TPSA) is 121 Å². The van der Waals surface area contributed by atoms with Crippen LogP contribution in [0.15, 0.2) is 46.9 Å². The van der Waals surface area contributed by atoms with Crippen molar-refractivity contribution in [3.8, 4) is 11.3 Å². The fraction of sp³-hybridized carbons (Fsp3) is 0.360.